The first-order valence-corrected chi connectivity index (χ1v) is 14.9. The van der Waals surface area contributed by atoms with Crippen molar-refractivity contribution in [2.24, 2.45) is 0 Å². The van der Waals surface area contributed by atoms with Gasteiger partial charge in [0, 0.05) is 17.6 Å². The number of hydrogen-bond donors (Lipinski definition) is 1. The van der Waals surface area contributed by atoms with Gasteiger partial charge in [-0.05, 0) is 86.8 Å². The van der Waals surface area contributed by atoms with Gasteiger partial charge in [-0.1, -0.05) is 42.8 Å². The number of nitrogens with one attached hydrogen (secondary N) is 1. The molecule has 0 aliphatic rings. The zero-order valence-electron chi connectivity index (χ0n) is 23.4. The van der Waals surface area contributed by atoms with E-state index in [1.165, 1.54) is 24.1 Å². The number of nitrogens with zero attached hydrogens (tertiary/aromatic N) is 2. The minimum absolute atomic E-state index is 0.00824. The molecule has 214 valence electrons. The van der Waals surface area contributed by atoms with Crippen molar-refractivity contribution >= 4 is 39.1 Å². The maximum absolute atomic E-state index is 14.1. The second-order valence-electron chi connectivity index (χ2n) is 9.70. The summed E-state index contributed by atoms with van der Waals surface area (Å²) in [5.74, 6) is -0.309. The highest BCUT2D eigenvalue weighted by atomic mass is 35.5. The first-order valence-electron chi connectivity index (χ1n) is 13.0. The van der Waals surface area contributed by atoms with Crippen LogP contribution in [0.2, 0.25) is 5.02 Å². The van der Waals surface area contributed by atoms with E-state index in [-0.39, 0.29) is 29.1 Å². The maximum atomic E-state index is 14.1. The van der Waals surface area contributed by atoms with E-state index in [1.807, 2.05) is 52.0 Å². The van der Waals surface area contributed by atoms with E-state index in [1.54, 1.807) is 36.4 Å². The molecule has 0 bridgehead atoms. The van der Waals surface area contributed by atoms with Crippen LogP contribution in [-0.2, 0) is 26.2 Å². The molecule has 3 aromatic rings. The molecule has 0 heterocycles. The number of anilines is 1. The lowest BCUT2D eigenvalue weighted by atomic mass is 10.1. The Morgan fingerprint density at radius 2 is 1.60 bits per heavy atom. The zero-order valence-corrected chi connectivity index (χ0v) is 25.0. The average molecular weight is 586 g/mol. The average Bonchev–Trinajstić information content (AvgIpc) is 2.92. The van der Waals surface area contributed by atoms with Gasteiger partial charge in [-0.2, -0.15) is 0 Å². The van der Waals surface area contributed by atoms with E-state index in [4.69, 9.17) is 16.3 Å². The number of hydrogen-bond acceptors (Lipinski definition) is 5. The van der Waals surface area contributed by atoms with Crippen molar-refractivity contribution in [2.75, 3.05) is 18.0 Å². The zero-order chi connectivity index (χ0) is 29.4. The van der Waals surface area contributed by atoms with Gasteiger partial charge in [0.15, 0.2) is 0 Å². The number of benzene rings is 3. The number of carbonyl (C=O) groups is 2. The van der Waals surface area contributed by atoms with Gasteiger partial charge in [0.25, 0.3) is 10.0 Å². The molecular formula is C30H36ClN3O5S. The van der Waals surface area contributed by atoms with Gasteiger partial charge in [-0.25, -0.2) is 8.42 Å². The molecule has 0 spiro atoms. The molecule has 10 heteroatoms. The highest BCUT2D eigenvalue weighted by Crippen LogP contribution is 2.27. The predicted octanol–water partition coefficient (Wildman–Crippen LogP) is 5.18. The second-order valence-corrected chi connectivity index (χ2v) is 12.0. The molecule has 0 radical (unpaired) electrons. The summed E-state index contributed by atoms with van der Waals surface area (Å²) in [5, 5.41) is 3.32. The smallest absolute Gasteiger partial charge is 0.264 e. The standard InChI is InChI=1S/C30H36ClN3O5S/c1-6-28(30(36)32-21(2)3)33(19-23-10-8-7-9-22(23)4)29(35)20-34(25-13-11-24(31)12-14-25)40(37,38)27-17-15-26(39-5)16-18-27/h7-18,21,28H,6,19-20H2,1-5H3,(H,32,36). The molecule has 0 aliphatic heterocycles. The Balaban J connectivity index is 2.07. The van der Waals surface area contributed by atoms with Crippen molar-refractivity contribution in [2.45, 2.75) is 57.6 Å². The Hall–Kier alpha value is -3.56. The van der Waals surface area contributed by atoms with E-state index < -0.39 is 28.5 Å². The number of ether oxygens (including phenoxy) is 1. The monoisotopic (exact) mass is 585 g/mol. The second kappa shape index (κ2) is 13.7. The summed E-state index contributed by atoms with van der Waals surface area (Å²) in [7, 11) is -2.70. The summed E-state index contributed by atoms with van der Waals surface area (Å²) in [5.41, 5.74) is 2.09. The molecule has 40 heavy (non-hydrogen) atoms. The van der Waals surface area contributed by atoms with Crippen LogP contribution in [0.3, 0.4) is 0 Å². The SMILES string of the molecule is CCC(C(=O)NC(C)C)N(Cc1ccccc1C)C(=O)CN(c1ccc(Cl)cc1)S(=O)(=O)c1ccc(OC)cc1. The summed E-state index contributed by atoms with van der Waals surface area (Å²) >= 11 is 6.08. The number of carbonyl (C=O) groups excluding carboxylic acids is 2. The molecule has 2 amide bonds. The molecule has 0 saturated heterocycles. The van der Waals surface area contributed by atoms with Crippen LogP contribution in [0.25, 0.3) is 0 Å². The van der Waals surface area contributed by atoms with Crippen LogP contribution in [0.1, 0.15) is 38.3 Å². The summed E-state index contributed by atoms with van der Waals surface area (Å²) in [6, 6.07) is 18.8. The fraction of sp³-hybridized carbons (Fsp3) is 0.333. The Bertz CT molecular complexity index is 1410. The third kappa shape index (κ3) is 7.55. The van der Waals surface area contributed by atoms with Crippen LogP contribution < -0.4 is 14.4 Å². The van der Waals surface area contributed by atoms with Crippen molar-refractivity contribution in [3.63, 3.8) is 0 Å². The fourth-order valence-electron chi connectivity index (χ4n) is 4.28. The Morgan fingerprint density at radius 1 is 0.975 bits per heavy atom. The Morgan fingerprint density at radius 3 is 2.15 bits per heavy atom. The van der Waals surface area contributed by atoms with Crippen LogP contribution in [0, 0.1) is 6.92 Å². The Kier molecular flexibility index (Phi) is 10.6. The van der Waals surface area contributed by atoms with Gasteiger partial charge in [0.05, 0.1) is 17.7 Å². The summed E-state index contributed by atoms with van der Waals surface area (Å²) in [6.07, 6.45) is 0.350. The van der Waals surface area contributed by atoms with Gasteiger partial charge in [0.1, 0.15) is 18.3 Å². The van der Waals surface area contributed by atoms with Gasteiger partial charge < -0.3 is 15.0 Å². The van der Waals surface area contributed by atoms with Gasteiger partial charge in [-0.3, -0.25) is 13.9 Å². The minimum atomic E-state index is -4.19. The third-order valence-electron chi connectivity index (χ3n) is 6.46. The third-order valence-corrected chi connectivity index (χ3v) is 8.50. The normalized spacial score (nSPS) is 12.1. The van der Waals surface area contributed by atoms with Gasteiger partial charge >= 0.3 is 0 Å². The van der Waals surface area contributed by atoms with Crippen molar-refractivity contribution in [1.82, 2.24) is 10.2 Å². The molecule has 8 nitrogen and oxygen atoms in total. The largest absolute Gasteiger partial charge is 0.497 e. The lowest BCUT2D eigenvalue weighted by Crippen LogP contribution is -2.53. The molecule has 0 aliphatic carbocycles. The van der Waals surface area contributed by atoms with Crippen LogP contribution in [0.15, 0.2) is 77.7 Å². The van der Waals surface area contributed by atoms with E-state index >= 15 is 0 Å². The number of rotatable bonds is 12. The van der Waals surface area contributed by atoms with Crippen molar-refractivity contribution in [1.29, 1.82) is 0 Å². The highest BCUT2D eigenvalue weighted by molar-refractivity contribution is 7.92. The van der Waals surface area contributed by atoms with E-state index in [9.17, 15) is 18.0 Å². The van der Waals surface area contributed by atoms with Crippen LogP contribution in [-0.4, -0.2) is 50.9 Å². The Labute approximate surface area is 241 Å². The topological polar surface area (TPSA) is 96.0 Å². The van der Waals surface area contributed by atoms with E-state index in [2.05, 4.69) is 5.32 Å². The molecule has 1 N–H and O–H groups in total. The predicted molar refractivity (Wildman–Crippen MR) is 158 cm³/mol. The summed E-state index contributed by atoms with van der Waals surface area (Å²) in [4.78, 5) is 28.7. The lowest BCUT2D eigenvalue weighted by molar-refractivity contribution is -0.140. The summed E-state index contributed by atoms with van der Waals surface area (Å²) < 4.78 is 34.0. The van der Waals surface area contributed by atoms with Gasteiger partial charge in [0.2, 0.25) is 11.8 Å². The van der Waals surface area contributed by atoms with Crippen LogP contribution >= 0.6 is 11.6 Å². The number of methoxy groups -OCH3 is 1. The number of amides is 2. The quantitative estimate of drug-likeness (QED) is 0.316. The minimum Gasteiger partial charge on any atom is -0.497 e. The van der Waals surface area contributed by atoms with Crippen LogP contribution in [0.4, 0.5) is 5.69 Å². The molecule has 3 rings (SSSR count). The lowest BCUT2D eigenvalue weighted by Gasteiger charge is -2.34. The van der Waals surface area contributed by atoms with E-state index in [0.29, 0.717) is 17.2 Å². The van der Waals surface area contributed by atoms with Crippen LogP contribution in [0.5, 0.6) is 5.75 Å². The van der Waals surface area contributed by atoms with Crippen molar-refractivity contribution in [3.05, 3.63) is 88.9 Å². The molecule has 1 unspecified atom stereocenters. The van der Waals surface area contributed by atoms with Crippen molar-refractivity contribution < 1.29 is 22.7 Å². The summed E-state index contributed by atoms with van der Waals surface area (Å²) in [6.45, 7) is 7.08. The molecule has 1 atom stereocenters. The highest BCUT2D eigenvalue weighted by Gasteiger charge is 2.34. The first kappa shape index (κ1) is 31.0. The molecule has 0 saturated carbocycles. The number of sulfonamides is 1. The van der Waals surface area contributed by atoms with Crippen molar-refractivity contribution in [3.8, 4) is 5.75 Å². The molecule has 0 aromatic heterocycles. The molecular weight excluding hydrogens is 550 g/mol. The first-order chi connectivity index (χ1) is 19.0. The molecule has 3 aromatic carbocycles. The number of aryl methyl sites for hydroxylation is 1. The maximum Gasteiger partial charge on any atom is 0.264 e. The van der Waals surface area contributed by atoms with E-state index in [0.717, 1.165) is 15.4 Å². The van der Waals surface area contributed by atoms with Gasteiger partial charge in [-0.15, -0.1) is 0 Å². The fourth-order valence-corrected chi connectivity index (χ4v) is 5.82. The molecule has 0 fully saturated rings. The number of halogens is 1.